The molecule has 0 spiro atoms. The monoisotopic (exact) mass is 175 g/mol. The molecule has 0 heterocycles. The number of hydrogen-bond donors (Lipinski definition) is 0. The van der Waals surface area contributed by atoms with Gasteiger partial charge in [0, 0.05) is 0 Å². The van der Waals surface area contributed by atoms with Crippen LogP contribution in [0.1, 0.15) is 5.56 Å². The molecule has 1 nitrogen and oxygen atoms in total. The lowest BCUT2D eigenvalue weighted by atomic mass is 10.2. The van der Waals surface area contributed by atoms with Crippen LogP contribution in [0.2, 0.25) is 0 Å². The number of aliphatic imine (C=N–C) groups is 1. The van der Waals surface area contributed by atoms with E-state index in [1.54, 1.807) is 0 Å². The van der Waals surface area contributed by atoms with Crippen molar-refractivity contribution < 1.29 is 0 Å². The molecule has 1 aromatic rings. The molecule has 0 fully saturated rings. The quantitative estimate of drug-likeness (QED) is 0.508. The maximum Gasteiger partial charge on any atom is 0.0677 e. The van der Waals surface area contributed by atoms with Gasteiger partial charge in [0.15, 0.2) is 0 Å². The van der Waals surface area contributed by atoms with Crippen molar-refractivity contribution in [2.75, 3.05) is 6.54 Å². The smallest absolute Gasteiger partial charge is 0.0677 e. The molecule has 0 saturated heterocycles. The molecule has 2 heteroatoms. The lowest BCUT2D eigenvalue weighted by Crippen LogP contribution is -1.71. The van der Waals surface area contributed by atoms with Gasteiger partial charge in [0.25, 0.3) is 0 Å². The van der Waals surface area contributed by atoms with Crippen molar-refractivity contribution in [2.24, 2.45) is 4.99 Å². The van der Waals surface area contributed by atoms with Gasteiger partial charge in [0.1, 0.15) is 0 Å². The SMILES string of the molecule is S=C=NCC=Cc1ccccc1. The normalized spacial score (nSPS) is 9.67. The minimum absolute atomic E-state index is 0.610. The highest BCUT2D eigenvalue weighted by molar-refractivity contribution is 7.78. The van der Waals surface area contributed by atoms with E-state index in [4.69, 9.17) is 0 Å². The van der Waals surface area contributed by atoms with Crippen molar-refractivity contribution in [3.8, 4) is 0 Å². The Bertz CT molecular complexity index is 297. The second-order valence-electron chi connectivity index (χ2n) is 2.25. The summed E-state index contributed by atoms with van der Waals surface area (Å²) >= 11 is 4.43. The number of hydrogen-bond acceptors (Lipinski definition) is 2. The van der Waals surface area contributed by atoms with Crippen molar-refractivity contribution in [1.82, 2.24) is 0 Å². The number of isothiocyanates is 1. The summed E-state index contributed by atoms with van der Waals surface area (Å²) in [5, 5.41) is 2.31. The minimum atomic E-state index is 0.610. The van der Waals surface area contributed by atoms with Gasteiger partial charge >= 0.3 is 0 Å². The number of rotatable bonds is 3. The van der Waals surface area contributed by atoms with Crippen LogP contribution < -0.4 is 0 Å². The van der Waals surface area contributed by atoms with Crippen molar-refractivity contribution in [3.63, 3.8) is 0 Å². The van der Waals surface area contributed by atoms with Gasteiger partial charge in [-0.3, -0.25) is 0 Å². The van der Waals surface area contributed by atoms with Crippen molar-refractivity contribution in [1.29, 1.82) is 0 Å². The van der Waals surface area contributed by atoms with Crippen LogP contribution in [0.25, 0.3) is 6.08 Å². The van der Waals surface area contributed by atoms with E-state index in [0.717, 1.165) is 0 Å². The van der Waals surface area contributed by atoms with Crippen LogP contribution in [-0.2, 0) is 0 Å². The molecule has 0 amide bonds. The molecule has 0 aromatic heterocycles. The molecule has 0 saturated carbocycles. The number of nitrogens with zero attached hydrogens (tertiary/aromatic N) is 1. The maximum absolute atomic E-state index is 4.43. The summed E-state index contributed by atoms with van der Waals surface area (Å²) in [7, 11) is 0. The van der Waals surface area contributed by atoms with Crippen molar-refractivity contribution >= 4 is 23.5 Å². The highest BCUT2D eigenvalue weighted by atomic mass is 32.1. The van der Waals surface area contributed by atoms with E-state index in [-0.39, 0.29) is 0 Å². The Morgan fingerprint density at radius 1 is 1.33 bits per heavy atom. The van der Waals surface area contributed by atoms with Gasteiger partial charge in [-0.25, -0.2) is 4.99 Å². The predicted molar refractivity (Wildman–Crippen MR) is 55.4 cm³/mol. The van der Waals surface area contributed by atoms with Gasteiger partial charge in [0.2, 0.25) is 0 Å². The molecule has 0 N–H and O–H groups in total. The van der Waals surface area contributed by atoms with Crippen LogP contribution in [0, 0.1) is 0 Å². The van der Waals surface area contributed by atoms with E-state index in [2.05, 4.69) is 22.4 Å². The first-order valence-corrected chi connectivity index (χ1v) is 4.09. The summed E-state index contributed by atoms with van der Waals surface area (Å²) in [4.78, 5) is 3.76. The third-order valence-corrected chi connectivity index (χ3v) is 1.50. The van der Waals surface area contributed by atoms with E-state index in [0.29, 0.717) is 6.54 Å². The van der Waals surface area contributed by atoms with Gasteiger partial charge in [-0.2, -0.15) is 0 Å². The van der Waals surface area contributed by atoms with Crippen LogP contribution in [0.15, 0.2) is 41.4 Å². The van der Waals surface area contributed by atoms with Crippen LogP contribution in [0.4, 0.5) is 0 Å². The summed E-state index contributed by atoms with van der Waals surface area (Å²) < 4.78 is 0. The van der Waals surface area contributed by atoms with E-state index >= 15 is 0 Å². The zero-order chi connectivity index (χ0) is 8.65. The molecule has 0 aliphatic heterocycles. The average Bonchev–Trinajstić information content (AvgIpc) is 2.14. The van der Waals surface area contributed by atoms with Crippen LogP contribution in [0.5, 0.6) is 0 Å². The Morgan fingerprint density at radius 2 is 2.08 bits per heavy atom. The topological polar surface area (TPSA) is 12.4 Å². The fourth-order valence-corrected chi connectivity index (χ4v) is 0.917. The molecule has 12 heavy (non-hydrogen) atoms. The van der Waals surface area contributed by atoms with Crippen molar-refractivity contribution in [2.45, 2.75) is 0 Å². The molecule has 0 unspecified atom stereocenters. The average molecular weight is 175 g/mol. The fraction of sp³-hybridized carbons (Fsp3) is 0.100. The van der Waals surface area contributed by atoms with Crippen LogP contribution in [0.3, 0.4) is 0 Å². The first kappa shape index (κ1) is 8.85. The Hall–Kier alpha value is -1.24. The molecule has 0 atom stereocenters. The Morgan fingerprint density at radius 3 is 2.75 bits per heavy atom. The van der Waals surface area contributed by atoms with E-state index < -0.39 is 0 Å². The highest BCUT2D eigenvalue weighted by Crippen LogP contribution is 2.00. The van der Waals surface area contributed by atoms with E-state index in [9.17, 15) is 0 Å². The molecule has 1 rings (SSSR count). The third kappa shape index (κ3) is 3.24. The lowest BCUT2D eigenvalue weighted by molar-refractivity contribution is 1.28. The molecular formula is C10H9NS. The van der Waals surface area contributed by atoms with Gasteiger partial charge in [-0.15, -0.1) is 0 Å². The van der Waals surface area contributed by atoms with Crippen molar-refractivity contribution in [3.05, 3.63) is 42.0 Å². The predicted octanol–water partition coefficient (Wildman–Crippen LogP) is 2.80. The van der Waals surface area contributed by atoms with E-state index in [1.165, 1.54) is 5.56 Å². The third-order valence-electron chi connectivity index (χ3n) is 1.37. The molecule has 1 aromatic carbocycles. The van der Waals surface area contributed by atoms with Crippen LogP contribution >= 0.6 is 12.2 Å². The Labute approximate surface area is 77.5 Å². The lowest BCUT2D eigenvalue weighted by Gasteiger charge is -1.88. The van der Waals surface area contributed by atoms with Gasteiger partial charge in [-0.05, 0) is 17.8 Å². The molecule has 0 aliphatic carbocycles. The zero-order valence-electron chi connectivity index (χ0n) is 6.60. The summed E-state index contributed by atoms with van der Waals surface area (Å²) in [6.45, 7) is 0.610. The summed E-state index contributed by atoms with van der Waals surface area (Å²) in [6, 6.07) is 10.1. The molecule has 0 bridgehead atoms. The second-order valence-corrected chi connectivity index (χ2v) is 2.43. The summed E-state index contributed by atoms with van der Waals surface area (Å²) in [6.07, 6.45) is 3.96. The Kier molecular flexibility index (Phi) is 4.00. The van der Waals surface area contributed by atoms with Crippen LogP contribution in [-0.4, -0.2) is 11.7 Å². The van der Waals surface area contributed by atoms with Gasteiger partial charge < -0.3 is 0 Å². The number of benzene rings is 1. The standard InChI is InChI=1S/C10H9NS/c12-9-11-8-4-7-10-5-2-1-3-6-10/h1-7H,8H2. The molecular weight excluding hydrogens is 166 g/mol. The first-order chi connectivity index (χ1) is 5.93. The molecule has 0 aliphatic rings. The minimum Gasteiger partial charge on any atom is -0.228 e. The Balaban J connectivity index is 2.52. The van der Waals surface area contributed by atoms with E-state index in [1.807, 2.05) is 42.5 Å². The fourth-order valence-electron chi connectivity index (χ4n) is 0.843. The molecule has 0 radical (unpaired) electrons. The second kappa shape index (κ2) is 5.42. The first-order valence-electron chi connectivity index (χ1n) is 3.68. The summed E-state index contributed by atoms with van der Waals surface area (Å²) in [5.74, 6) is 0. The highest BCUT2D eigenvalue weighted by Gasteiger charge is 1.80. The summed E-state index contributed by atoms with van der Waals surface area (Å²) in [5.41, 5.74) is 1.18. The zero-order valence-corrected chi connectivity index (χ0v) is 7.42. The van der Waals surface area contributed by atoms with Gasteiger partial charge in [0.05, 0.1) is 11.7 Å². The van der Waals surface area contributed by atoms with Gasteiger partial charge in [-0.1, -0.05) is 42.5 Å². The molecule has 60 valence electrons. The largest absolute Gasteiger partial charge is 0.228 e. The maximum atomic E-state index is 4.43. The number of thiocarbonyl (C=S) groups is 1.